The Morgan fingerprint density at radius 2 is 1.67 bits per heavy atom. The average Bonchev–Trinajstić information content (AvgIpc) is 3.28. The van der Waals surface area contributed by atoms with E-state index in [2.05, 4.69) is 16.0 Å². The molecule has 10 heteroatoms. The molecule has 2 fully saturated rings. The van der Waals surface area contributed by atoms with E-state index in [1.165, 1.54) is 0 Å². The molecular weight excluding hydrogens is 410 g/mol. The Morgan fingerprint density at radius 1 is 1.00 bits per heavy atom. The molecule has 0 bridgehead atoms. The number of nitrogens with one attached hydrogen (secondary N) is 3. The minimum absolute atomic E-state index is 0.0502. The summed E-state index contributed by atoms with van der Waals surface area (Å²) in [6, 6.07) is 0.455. The van der Waals surface area contributed by atoms with Crippen molar-refractivity contribution in [3.8, 4) is 0 Å². The monoisotopic (exact) mass is 447 g/mol. The number of amides is 3. The predicted molar refractivity (Wildman–Crippen MR) is 116 cm³/mol. The summed E-state index contributed by atoms with van der Waals surface area (Å²) in [6.07, 6.45) is 3.42. The van der Waals surface area contributed by atoms with Crippen LogP contribution in [0.25, 0.3) is 0 Å². The molecule has 2 saturated heterocycles. The molecule has 2 aliphatic heterocycles. The summed E-state index contributed by atoms with van der Waals surface area (Å²) in [5.41, 5.74) is 0. The number of hydrogen-bond donors (Lipinski definition) is 3. The second-order valence-electron chi connectivity index (χ2n) is 7.25. The van der Waals surface area contributed by atoms with Crippen molar-refractivity contribution in [2.75, 3.05) is 65.2 Å². The van der Waals surface area contributed by atoms with Gasteiger partial charge in [-0.25, -0.2) is 4.79 Å². The van der Waals surface area contributed by atoms with Crippen LogP contribution in [0.15, 0.2) is 0 Å². The first-order chi connectivity index (χ1) is 14.7. The van der Waals surface area contributed by atoms with E-state index in [1.807, 2.05) is 18.7 Å². The molecule has 0 unspecified atom stereocenters. The molecule has 0 aromatic rings. The van der Waals surface area contributed by atoms with Crippen LogP contribution in [-0.4, -0.2) is 94.4 Å². The van der Waals surface area contributed by atoms with Gasteiger partial charge >= 0.3 is 6.03 Å². The topological polar surface area (TPSA) is 107 Å². The highest BCUT2D eigenvalue weighted by Gasteiger charge is 2.42. The number of carbonyl (C=O) groups is 2. The molecule has 174 valence electrons. The molecule has 3 atom stereocenters. The standard InChI is InChI=1S/C20H37N3O6S/c1-2-26-9-10-28-13-14-29-12-11-27-8-7-21-18(24)6-4-3-5-17-19-16(15-30-17)22-20(25)23-19/h16-17,19H,2-15H2,1H3,(H,21,24)(H2,22,23,25)/t16-,17-,19-/m0/s1. The Balaban J connectivity index is 1.31. The normalized spacial score (nSPS) is 22.6. The fraction of sp³-hybridized carbons (Fsp3) is 0.900. The lowest BCUT2D eigenvalue weighted by atomic mass is 10.0. The van der Waals surface area contributed by atoms with Gasteiger partial charge in [0.05, 0.1) is 58.3 Å². The molecule has 30 heavy (non-hydrogen) atoms. The van der Waals surface area contributed by atoms with Gasteiger partial charge in [0.25, 0.3) is 0 Å². The number of unbranched alkanes of at least 4 members (excludes halogenated alkanes) is 1. The molecule has 2 aliphatic rings. The second-order valence-corrected chi connectivity index (χ2v) is 8.52. The molecule has 0 aromatic carbocycles. The maximum atomic E-state index is 11.9. The summed E-state index contributed by atoms with van der Waals surface area (Å²) in [4.78, 5) is 23.3. The maximum absolute atomic E-state index is 11.9. The Hall–Kier alpha value is -1.07. The number of hydrogen-bond acceptors (Lipinski definition) is 7. The number of thioether (sulfide) groups is 1. The minimum atomic E-state index is -0.0502. The van der Waals surface area contributed by atoms with Crippen LogP contribution >= 0.6 is 11.8 Å². The third-order valence-corrected chi connectivity index (χ3v) is 6.48. The minimum Gasteiger partial charge on any atom is -0.379 e. The van der Waals surface area contributed by atoms with Crippen LogP contribution < -0.4 is 16.0 Å². The summed E-state index contributed by atoms with van der Waals surface area (Å²) in [5.74, 6) is 1.04. The van der Waals surface area contributed by atoms with E-state index in [0.717, 1.165) is 25.0 Å². The fourth-order valence-electron chi connectivity index (χ4n) is 3.43. The molecule has 3 N–H and O–H groups in total. The molecule has 3 amide bonds. The van der Waals surface area contributed by atoms with Gasteiger partial charge in [-0.2, -0.15) is 11.8 Å². The predicted octanol–water partition coefficient (Wildman–Crippen LogP) is 0.915. The van der Waals surface area contributed by atoms with Gasteiger partial charge in [-0.3, -0.25) is 4.79 Å². The van der Waals surface area contributed by atoms with Crippen molar-refractivity contribution in [2.24, 2.45) is 0 Å². The fourth-order valence-corrected chi connectivity index (χ4v) is 4.97. The number of ether oxygens (including phenoxy) is 4. The van der Waals surface area contributed by atoms with E-state index in [4.69, 9.17) is 18.9 Å². The van der Waals surface area contributed by atoms with Crippen LogP contribution in [0.2, 0.25) is 0 Å². The van der Waals surface area contributed by atoms with Crippen LogP contribution in [0, 0.1) is 0 Å². The molecule has 2 rings (SSSR count). The number of carbonyl (C=O) groups excluding carboxylic acids is 2. The van der Waals surface area contributed by atoms with E-state index < -0.39 is 0 Å². The first-order valence-corrected chi connectivity index (χ1v) is 12.0. The van der Waals surface area contributed by atoms with E-state index in [9.17, 15) is 9.59 Å². The van der Waals surface area contributed by atoms with Gasteiger partial charge in [0.15, 0.2) is 0 Å². The van der Waals surface area contributed by atoms with E-state index in [1.54, 1.807) is 0 Å². The summed E-state index contributed by atoms with van der Waals surface area (Å²) >= 11 is 1.91. The molecule has 0 aliphatic carbocycles. The van der Waals surface area contributed by atoms with Crippen molar-refractivity contribution in [2.45, 2.75) is 49.9 Å². The number of fused-ring (bicyclic) bond motifs is 1. The van der Waals surface area contributed by atoms with Crippen molar-refractivity contribution < 1.29 is 28.5 Å². The third kappa shape index (κ3) is 10.3. The van der Waals surface area contributed by atoms with Crippen molar-refractivity contribution in [1.82, 2.24) is 16.0 Å². The zero-order valence-corrected chi connectivity index (χ0v) is 18.8. The van der Waals surface area contributed by atoms with Gasteiger partial charge in [0, 0.05) is 30.6 Å². The lowest BCUT2D eigenvalue weighted by Crippen LogP contribution is -2.36. The van der Waals surface area contributed by atoms with Gasteiger partial charge < -0.3 is 34.9 Å². The second kappa shape index (κ2) is 15.7. The van der Waals surface area contributed by atoms with Crippen LogP contribution in [-0.2, 0) is 23.7 Å². The number of urea groups is 1. The Bertz CT molecular complexity index is 499. The van der Waals surface area contributed by atoms with Gasteiger partial charge in [0.1, 0.15) is 0 Å². The third-order valence-electron chi connectivity index (χ3n) is 4.97. The SMILES string of the molecule is CCOCCOCCOCCOCCNC(=O)CCCC[C@@H]1SC[C@@H]2NC(=O)N[C@@H]21. The van der Waals surface area contributed by atoms with E-state index >= 15 is 0 Å². The number of rotatable bonds is 18. The highest BCUT2D eigenvalue weighted by molar-refractivity contribution is 8.00. The molecular formula is C20H37N3O6S. The van der Waals surface area contributed by atoms with Crippen LogP contribution in [0.5, 0.6) is 0 Å². The molecule has 0 saturated carbocycles. The van der Waals surface area contributed by atoms with Crippen LogP contribution in [0.4, 0.5) is 4.79 Å². The van der Waals surface area contributed by atoms with Gasteiger partial charge in [-0.05, 0) is 19.8 Å². The summed E-state index contributed by atoms with van der Waals surface area (Å²) in [7, 11) is 0. The van der Waals surface area contributed by atoms with Gasteiger partial charge in [-0.15, -0.1) is 0 Å². The van der Waals surface area contributed by atoms with Crippen molar-refractivity contribution in [3.63, 3.8) is 0 Å². The molecule has 0 spiro atoms. The lowest BCUT2D eigenvalue weighted by molar-refractivity contribution is -0.121. The van der Waals surface area contributed by atoms with Crippen molar-refractivity contribution >= 4 is 23.7 Å². The average molecular weight is 448 g/mol. The van der Waals surface area contributed by atoms with Crippen LogP contribution in [0.1, 0.15) is 32.6 Å². The summed E-state index contributed by atoms with van der Waals surface area (Å²) in [5, 5.41) is 9.28. The van der Waals surface area contributed by atoms with Gasteiger partial charge in [-0.1, -0.05) is 6.42 Å². The van der Waals surface area contributed by atoms with Crippen molar-refractivity contribution in [1.29, 1.82) is 0 Å². The summed E-state index contributed by atoms with van der Waals surface area (Å²) in [6.45, 7) is 6.96. The van der Waals surface area contributed by atoms with Crippen LogP contribution in [0.3, 0.4) is 0 Å². The first kappa shape index (κ1) is 25.2. The lowest BCUT2D eigenvalue weighted by Gasteiger charge is -2.16. The Kier molecular flexibility index (Phi) is 13.2. The molecule has 0 aromatic heterocycles. The maximum Gasteiger partial charge on any atom is 0.315 e. The highest BCUT2D eigenvalue weighted by Crippen LogP contribution is 2.33. The zero-order chi connectivity index (χ0) is 21.4. The first-order valence-electron chi connectivity index (χ1n) is 11.0. The molecule has 0 radical (unpaired) electrons. The zero-order valence-electron chi connectivity index (χ0n) is 18.0. The highest BCUT2D eigenvalue weighted by atomic mass is 32.2. The molecule has 9 nitrogen and oxygen atoms in total. The van der Waals surface area contributed by atoms with Gasteiger partial charge in [0.2, 0.25) is 5.91 Å². The quantitative estimate of drug-likeness (QED) is 0.212. The van der Waals surface area contributed by atoms with E-state index in [-0.39, 0.29) is 24.0 Å². The summed E-state index contributed by atoms with van der Waals surface area (Å²) < 4.78 is 21.3. The molecule has 2 heterocycles. The smallest absolute Gasteiger partial charge is 0.315 e. The van der Waals surface area contributed by atoms with E-state index in [0.29, 0.717) is 71.1 Å². The largest absolute Gasteiger partial charge is 0.379 e. The Morgan fingerprint density at radius 3 is 2.37 bits per heavy atom. The van der Waals surface area contributed by atoms with Crippen molar-refractivity contribution in [3.05, 3.63) is 0 Å². The Labute approximate surface area is 183 Å².